The normalized spacial score (nSPS) is 17.7. The van der Waals surface area contributed by atoms with Crippen molar-refractivity contribution in [1.82, 2.24) is 0 Å². The first-order valence-electron chi connectivity index (χ1n) is 6.86. The van der Waals surface area contributed by atoms with Gasteiger partial charge in [-0.15, -0.1) is 0 Å². The molecular formula is C17H15F3Si. The number of alkyl halides is 3. The first-order chi connectivity index (χ1) is 9.88. The van der Waals surface area contributed by atoms with E-state index in [-0.39, 0.29) is 0 Å². The number of hydrogen-bond donors (Lipinski definition) is 0. The number of hydrogen-bond acceptors (Lipinski definition) is 0. The van der Waals surface area contributed by atoms with E-state index in [2.05, 4.69) is 19.1 Å². The van der Waals surface area contributed by atoms with E-state index < -0.39 is 11.7 Å². The first-order valence-corrected chi connectivity index (χ1v) is 8.02. The fourth-order valence-corrected chi connectivity index (χ4v) is 3.48. The van der Waals surface area contributed by atoms with E-state index >= 15 is 0 Å². The standard InChI is InChI=1S/C17H15F3Si/c1-10-9-15-13(3-2-4-14(15)16(10)21)11-5-7-12(8-6-11)17(18,19)20/h2-9,16H,1,21H3. The Morgan fingerprint density at radius 1 is 1.00 bits per heavy atom. The zero-order valence-electron chi connectivity index (χ0n) is 11.8. The third kappa shape index (κ3) is 2.44. The van der Waals surface area contributed by atoms with Crippen LogP contribution in [0.15, 0.2) is 48.0 Å². The summed E-state index contributed by atoms with van der Waals surface area (Å²) >= 11 is 0. The molecule has 0 aliphatic heterocycles. The number of benzene rings is 2. The van der Waals surface area contributed by atoms with Crippen LogP contribution in [0, 0.1) is 0 Å². The Kier molecular flexibility index (Phi) is 3.28. The summed E-state index contributed by atoms with van der Waals surface area (Å²) in [5, 5.41) is 0. The summed E-state index contributed by atoms with van der Waals surface area (Å²) in [6.07, 6.45) is -2.12. The smallest absolute Gasteiger partial charge is 0.166 e. The molecule has 2 aromatic carbocycles. The van der Waals surface area contributed by atoms with Gasteiger partial charge in [0.2, 0.25) is 0 Å². The molecule has 1 unspecified atom stereocenters. The van der Waals surface area contributed by atoms with Gasteiger partial charge in [-0.1, -0.05) is 42.0 Å². The summed E-state index contributed by atoms with van der Waals surface area (Å²) < 4.78 is 37.9. The van der Waals surface area contributed by atoms with Gasteiger partial charge < -0.3 is 0 Å². The lowest BCUT2D eigenvalue weighted by atomic mass is 9.96. The molecule has 1 aliphatic carbocycles. The number of fused-ring (bicyclic) bond motifs is 1. The summed E-state index contributed by atoms with van der Waals surface area (Å²) in [5.41, 5.74) is 5.56. The van der Waals surface area contributed by atoms with Gasteiger partial charge in [-0.2, -0.15) is 13.2 Å². The molecule has 0 nitrogen and oxygen atoms in total. The van der Waals surface area contributed by atoms with Crippen molar-refractivity contribution >= 4 is 16.3 Å². The molecule has 0 saturated heterocycles. The van der Waals surface area contributed by atoms with Crippen LogP contribution in [0.3, 0.4) is 0 Å². The Morgan fingerprint density at radius 2 is 1.67 bits per heavy atom. The minimum atomic E-state index is -4.28. The highest BCUT2D eigenvalue weighted by Gasteiger charge is 2.30. The summed E-state index contributed by atoms with van der Waals surface area (Å²) in [4.78, 5) is 0. The maximum atomic E-state index is 12.6. The molecule has 0 N–H and O–H groups in total. The highest BCUT2D eigenvalue weighted by Crippen LogP contribution is 2.40. The average molecular weight is 304 g/mol. The minimum absolute atomic E-state index is 0.509. The van der Waals surface area contributed by atoms with Crippen LogP contribution in [-0.4, -0.2) is 10.2 Å². The van der Waals surface area contributed by atoms with Crippen LogP contribution in [0.4, 0.5) is 13.2 Å². The van der Waals surface area contributed by atoms with Crippen LogP contribution in [0.25, 0.3) is 17.2 Å². The van der Waals surface area contributed by atoms with E-state index in [0.29, 0.717) is 5.54 Å². The first kappa shape index (κ1) is 14.1. The Bertz CT molecular complexity index is 712. The second-order valence-electron chi connectivity index (χ2n) is 5.49. The zero-order chi connectivity index (χ0) is 15.2. The number of allylic oxidation sites excluding steroid dienone is 1. The summed E-state index contributed by atoms with van der Waals surface area (Å²) in [6.45, 7) is 2.12. The third-order valence-corrected chi connectivity index (χ3v) is 5.72. The topological polar surface area (TPSA) is 0 Å². The molecule has 1 atom stereocenters. The molecule has 3 rings (SSSR count). The molecule has 2 aromatic rings. The number of rotatable bonds is 1. The van der Waals surface area contributed by atoms with Gasteiger partial charge in [0.25, 0.3) is 0 Å². The number of halogens is 3. The van der Waals surface area contributed by atoms with Crippen molar-refractivity contribution in [2.45, 2.75) is 18.6 Å². The van der Waals surface area contributed by atoms with E-state index in [9.17, 15) is 13.2 Å². The quantitative estimate of drug-likeness (QED) is 0.693. The molecule has 108 valence electrons. The summed E-state index contributed by atoms with van der Waals surface area (Å²) in [5.74, 6) is 0. The molecule has 0 fully saturated rings. The Labute approximate surface area is 124 Å². The van der Waals surface area contributed by atoms with E-state index in [0.717, 1.165) is 39.1 Å². The van der Waals surface area contributed by atoms with Crippen molar-refractivity contribution in [2.24, 2.45) is 0 Å². The predicted octanol–water partition coefficient (Wildman–Crippen LogP) is 4.20. The van der Waals surface area contributed by atoms with Gasteiger partial charge in [0.1, 0.15) is 0 Å². The summed E-state index contributed by atoms with van der Waals surface area (Å²) in [7, 11) is 1.05. The summed E-state index contributed by atoms with van der Waals surface area (Å²) in [6, 6.07) is 11.5. The second-order valence-corrected chi connectivity index (χ2v) is 6.65. The highest BCUT2D eigenvalue weighted by molar-refractivity contribution is 6.16. The van der Waals surface area contributed by atoms with Gasteiger partial charge in [-0.3, -0.25) is 0 Å². The molecule has 21 heavy (non-hydrogen) atoms. The molecule has 1 aliphatic rings. The fraction of sp³-hybridized carbons (Fsp3) is 0.176. The molecule has 0 heterocycles. The van der Waals surface area contributed by atoms with Gasteiger partial charge >= 0.3 is 6.18 Å². The van der Waals surface area contributed by atoms with E-state index in [1.165, 1.54) is 11.1 Å². The maximum absolute atomic E-state index is 12.6. The maximum Gasteiger partial charge on any atom is 0.416 e. The van der Waals surface area contributed by atoms with Crippen molar-refractivity contribution in [3.8, 4) is 11.1 Å². The van der Waals surface area contributed by atoms with Gasteiger partial charge in [-0.05, 0) is 46.9 Å². The van der Waals surface area contributed by atoms with Crippen molar-refractivity contribution < 1.29 is 13.2 Å². The molecule has 4 heteroatoms. The largest absolute Gasteiger partial charge is 0.416 e. The Morgan fingerprint density at radius 3 is 2.29 bits per heavy atom. The van der Waals surface area contributed by atoms with Crippen LogP contribution in [-0.2, 0) is 6.18 Å². The van der Waals surface area contributed by atoms with Gasteiger partial charge in [-0.25, -0.2) is 0 Å². The molecule has 0 spiro atoms. The van der Waals surface area contributed by atoms with E-state index in [1.54, 1.807) is 12.1 Å². The fourth-order valence-electron chi connectivity index (χ4n) is 2.81. The van der Waals surface area contributed by atoms with Crippen molar-refractivity contribution in [1.29, 1.82) is 0 Å². The van der Waals surface area contributed by atoms with Crippen LogP contribution < -0.4 is 0 Å². The second kappa shape index (κ2) is 4.88. The van der Waals surface area contributed by atoms with Gasteiger partial charge in [0.15, 0.2) is 0 Å². The minimum Gasteiger partial charge on any atom is -0.166 e. The van der Waals surface area contributed by atoms with Gasteiger partial charge in [0, 0.05) is 10.2 Å². The molecule has 0 saturated carbocycles. The Balaban J connectivity index is 2.07. The third-order valence-electron chi connectivity index (χ3n) is 4.18. The van der Waals surface area contributed by atoms with Crippen LogP contribution in [0.2, 0.25) is 0 Å². The van der Waals surface area contributed by atoms with Crippen LogP contribution in [0.5, 0.6) is 0 Å². The highest BCUT2D eigenvalue weighted by atomic mass is 28.1. The average Bonchev–Trinajstić information content (AvgIpc) is 2.74. The monoisotopic (exact) mass is 304 g/mol. The van der Waals surface area contributed by atoms with Crippen LogP contribution >= 0.6 is 0 Å². The Hall–Kier alpha value is -1.81. The van der Waals surface area contributed by atoms with E-state index in [1.807, 2.05) is 12.1 Å². The van der Waals surface area contributed by atoms with Crippen molar-refractivity contribution in [2.75, 3.05) is 0 Å². The lowest BCUT2D eigenvalue weighted by molar-refractivity contribution is -0.137. The van der Waals surface area contributed by atoms with E-state index in [4.69, 9.17) is 0 Å². The SMILES string of the molecule is CC1=Cc2c(-c3ccc(C(F)(F)F)cc3)cccc2C1[SiH3]. The molecule has 0 aromatic heterocycles. The predicted molar refractivity (Wildman–Crippen MR) is 83.2 cm³/mol. The lowest BCUT2D eigenvalue weighted by Gasteiger charge is -2.12. The van der Waals surface area contributed by atoms with Gasteiger partial charge in [0.05, 0.1) is 5.56 Å². The lowest BCUT2D eigenvalue weighted by Crippen LogP contribution is -2.04. The molecule has 0 radical (unpaired) electrons. The molecular weight excluding hydrogens is 289 g/mol. The van der Waals surface area contributed by atoms with Crippen molar-refractivity contribution in [3.63, 3.8) is 0 Å². The van der Waals surface area contributed by atoms with Crippen LogP contribution in [0.1, 0.15) is 29.2 Å². The molecule has 0 amide bonds. The zero-order valence-corrected chi connectivity index (χ0v) is 13.8. The van der Waals surface area contributed by atoms with Crippen molar-refractivity contribution in [3.05, 3.63) is 64.7 Å². The molecule has 0 bridgehead atoms.